The van der Waals surface area contributed by atoms with Crippen LogP contribution in [0.5, 0.6) is 5.75 Å². The zero-order valence-electron chi connectivity index (χ0n) is 13.4. The van der Waals surface area contributed by atoms with Crippen LogP contribution in [0.3, 0.4) is 0 Å². The molecular weight excluding hydrogens is 316 g/mol. The van der Waals surface area contributed by atoms with Gasteiger partial charge in [-0.05, 0) is 29.3 Å². The summed E-state index contributed by atoms with van der Waals surface area (Å²) in [6, 6.07) is 15.6. The Morgan fingerprint density at radius 3 is 2.60 bits per heavy atom. The highest BCUT2D eigenvalue weighted by atomic mass is 16.5. The first-order chi connectivity index (χ1) is 12.2. The Morgan fingerprint density at radius 1 is 1.00 bits per heavy atom. The molecule has 124 valence electrons. The van der Waals surface area contributed by atoms with Crippen LogP contribution in [0.1, 0.15) is 11.1 Å². The van der Waals surface area contributed by atoms with Crippen LogP contribution < -0.4 is 15.4 Å². The molecule has 2 aromatic carbocycles. The molecule has 0 saturated carbocycles. The van der Waals surface area contributed by atoms with Gasteiger partial charge in [-0.25, -0.2) is 0 Å². The van der Waals surface area contributed by atoms with Crippen molar-refractivity contribution in [3.8, 4) is 5.75 Å². The number of carbonyl (C=O) groups excluding carboxylic acids is 2. The monoisotopic (exact) mass is 332 g/mol. The van der Waals surface area contributed by atoms with E-state index in [4.69, 9.17) is 4.74 Å². The molecule has 5 nitrogen and oxygen atoms in total. The van der Waals surface area contributed by atoms with Gasteiger partial charge in [-0.1, -0.05) is 36.4 Å². The number of hydrogen-bond acceptors (Lipinski definition) is 4. The highest BCUT2D eigenvalue weighted by molar-refractivity contribution is 6.24. The van der Waals surface area contributed by atoms with Crippen molar-refractivity contribution in [2.45, 2.75) is 6.61 Å². The van der Waals surface area contributed by atoms with Gasteiger partial charge in [0.2, 0.25) is 0 Å². The summed E-state index contributed by atoms with van der Waals surface area (Å²) < 4.78 is 5.88. The number of hydrogen-bond donors (Lipinski definition) is 2. The first kappa shape index (κ1) is 15.2. The molecule has 5 heteroatoms. The lowest BCUT2D eigenvalue weighted by Gasteiger charge is -2.20. The van der Waals surface area contributed by atoms with Crippen molar-refractivity contribution >= 4 is 23.1 Å². The normalized spacial score (nSPS) is 15.7. The van der Waals surface area contributed by atoms with E-state index in [1.165, 1.54) is 6.08 Å². The lowest BCUT2D eigenvalue weighted by atomic mass is 9.93. The molecule has 0 bridgehead atoms. The van der Waals surface area contributed by atoms with Crippen LogP contribution in [0.2, 0.25) is 0 Å². The molecule has 0 aliphatic carbocycles. The number of imide groups is 1. The van der Waals surface area contributed by atoms with Gasteiger partial charge in [0.15, 0.2) is 0 Å². The Kier molecular flexibility index (Phi) is 3.82. The Balaban J connectivity index is 1.62. The van der Waals surface area contributed by atoms with Crippen molar-refractivity contribution in [3.63, 3.8) is 0 Å². The minimum Gasteiger partial charge on any atom is -0.489 e. The molecule has 2 N–H and O–H groups in total. The summed E-state index contributed by atoms with van der Waals surface area (Å²) in [5.41, 5.74) is 4.00. The van der Waals surface area contributed by atoms with Crippen molar-refractivity contribution in [2.24, 2.45) is 0 Å². The lowest BCUT2D eigenvalue weighted by molar-refractivity contribution is -0.123. The van der Waals surface area contributed by atoms with E-state index in [9.17, 15) is 9.59 Å². The van der Waals surface area contributed by atoms with E-state index in [2.05, 4.69) is 10.6 Å². The number of nitrogens with one attached hydrogen (secondary N) is 2. The Morgan fingerprint density at radius 2 is 1.84 bits per heavy atom. The van der Waals surface area contributed by atoms with Crippen LogP contribution in [-0.2, 0) is 16.2 Å². The molecule has 0 fully saturated rings. The highest BCUT2D eigenvalue weighted by Crippen LogP contribution is 2.36. The number of amides is 2. The number of ether oxygens (including phenoxy) is 1. The van der Waals surface area contributed by atoms with E-state index in [0.29, 0.717) is 24.5 Å². The quantitative estimate of drug-likeness (QED) is 0.845. The minimum absolute atomic E-state index is 0.361. The fraction of sp³-hybridized carbons (Fsp3) is 0.100. The average Bonchev–Trinajstić information content (AvgIpc) is 2.98. The van der Waals surface area contributed by atoms with Gasteiger partial charge in [-0.15, -0.1) is 0 Å². The maximum atomic E-state index is 12.0. The number of anilines is 1. The number of carbonyl (C=O) groups is 2. The van der Waals surface area contributed by atoms with E-state index in [-0.39, 0.29) is 11.8 Å². The third-order valence-electron chi connectivity index (χ3n) is 4.18. The van der Waals surface area contributed by atoms with Gasteiger partial charge in [0.05, 0.1) is 5.57 Å². The fourth-order valence-electron chi connectivity index (χ4n) is 2.97. The van der Waals surface area contributed by atoms with Crippen LogP contribution in [0.25, 0.3) is 5.57 Å². The molecule has 0 aromatic heterocycles. The van der Waals surface area contributed by atoms with E-state index in [1.54, 1.807) is 0 Å². The van der Waals surface area contributed by atoms with Crippen LogP contribution in [-0.4, -0.2) is 18.4 Å². The third kappa shape index (κ3) is 3.04. The van der Waals surface area contributed by atoms with Crippen molar-refractivity contribution in [1.82, 2.24) is 5.32 Å². The molecule has 0 atom stereocenters. The average molecular weight is 332 g/mol. The molecule has 0 spiro atoms. The van der Waals surface area contributed by atoms with Crippen LogP contribution >= 0.6 is 0 Å². The molecule has 0 radical (unpaired) electrons. The molecule has 0 unspecified atom stereocenters. The molecule has 2 aliphatic heterocycles. The molecular formula is C20H16N2O3. The molecule has 0 saturated heterocycles. The second kappa shape index (κ2) is 6.28. The summed E-state index contributed by atoms with van der Waals surface area (Å²) in [6.07, 6.45) is 3.26. The maximum absolute atomic E-state index is 12.0. The SMILES string of the molecule is O=C1C=C(C2=CCNc3ccc(OCc4ccccc4)cc32)C(=O)N1. The summed E-state index contributed by atoms with van der Waals surface area (Å²) in [5, 5.41) is 5.56. The molecule has 2 aliphatic rings. The lowest BCUT2D eigenvalue weighted by Crippen LogP contribution is -2.23. The first-order valence-electron chi connectivity index (χ1n) is 8.03. The molecule has 2 heterocycles. The topological polar surface area (TPSA) is 67.4 Å². The largest absolute Gasteiger partial charge is 0.489 e. The van der Waals surface area contributed by atoms with Crippen molar-refractivity contribution < 1.29 is 14.3 Å². The van der Waals surface area contributed by atoms with Crippen LogP contribution in [0.15, 0.2) is 66.3 Å². The zero-order valence-corrected chi connectivity index (χ0v) is 13.4. The van der Waals surface area contributed by atoms with Crippen molar-refractivity contribution in [3.05, 3.63) is 77.4 Å². The van der Waals surface area contributed by atoms with E-state index in [1.807, 2.05) is 54.6 Å². The minimum atomic E-state index is -0.377. The number of benzene rings is 2. The standard InChI is InChI=1S/C20H16N2O3/c23-19-11-17(20(24)22-19)15-8-9-21-18-7-6-14(10-16(15)18)25-12-13-4-2-1-3-5-13/h1-8,10-11,21H,9,12H2,(H,22,23,24). The molecule has 25 heavy (non-hydrogen) atoms. The molecule has 2 amide bonds. The fourth-order valence-corrected chi connectivity index (χ4v) is 2.97. The van der Waals surface area contributed by atoms with E-state index >= 15 is 0 Å². The zero-order chi connectivity index (χ0) is 17.2. The summed E-state index contributed by atoms with van der Waals surface area (Å²) in [7, 11) is 0. The van der Waals surface area contributed by atoms with Gasteiger partial charge in [-0.3, -0.25) is 14.9 Å². The molecule has 4 rings (SSSR count). The van der Waals surface area contributed by atoms with Gasteiger partial charge < -0.3 is 10.1 Å². The summed E-state index contributed by atoms with van der Waals surface area (Å²) >= 11 is 0. The predicted molar refractivity (Wildman–Crippen MR) is 94.9 cm³/mol. The summed E-state index contributed by atoms with van der Waals surface area (Å²) in [5.74, 6) is -0.0280. The van der Waals surface area contributed by atoms with Crippen molar-refractivity contribution in [2.75, 3.05) is 11.9 Å². The van der Waals surface area contributed by atoms with Gasteiger partial charge in [0.25, 0.3) is 11.8 Å². The molecule has 2 aromatic rings. The Labute approximate surface area is 145 Å². The Hall–Kier alpha value is -3.34. The maximum Gasteiger partial charge on any atom is 0.258 e. The second-order valence-electron chi connectivity index (χ2n) is 5.86. The van der Waals surface area contributed by atoms with Gasteiger partial charge in [-0.2, -0.15) is 0 Å². The van der Waals surface area contributed by atoms with Crippen LogP contribution in [0, 0.1) is 0 Å². The van der Waals surface area contributed by atoms with E-state index in [0.717, 1.165) is 22.4 Å². The first-order valence-corrected chi connectivity index (χ1v) is 8.03. The summed E-state index contributed by atoms with van der Waals surface area (Å²) in [6.45, 7) is 1.07. The Bertz CT molecular complexity index is 914. The van der Waals surface area contributed by atoms with Gasteiger partial charge in [0, 0.05) is 23.9 Å². The number of rotatable bonds is 4. The number of fused-ring (bicyclic) bond motifs is 1. The smallest absolute Gasteiger partial charge is 0.258 e. The highest BCUT2D eigenvalue weighted by Gasteiger charge is 2.27. The third-order valence-corrected chi connectivity index (χ3v) is 4.18. The van der Waals surface area contributed by atoms with Crippen LogP contribution in [0.4, 0.5) is 5.69 Å². The summed E-state index contributed by atoms with van der Waals surface area (Å²) in [4.78, 5) is 23.5. The van der Waals surface area contributed by atoms with Gasteiger partial charge in [0.1, 0.15) is 12.4 Å². The van der Waals surface area contributed by atoms with Gasteiger partial charge >= 0.3 is 0 Å². The van der Waals surface area contributed by atoms with Crippen molar-refractivity contribution in [1.29, 1.82) is 0 Å². The second-order valence-corrected chi connectivity index (χ2v) is 5.86. The van der Waals surface area contributed by atoms with E-state index < -0.39 is 0 Å². The predicted octanol–water partition coefficient (Wildman–Crippen LogP) is 2.66.